The van der Waals surface area contributed by atoms with E-state index in [1.807, 2.05) is 60.7 Å². The zero-order chi connectivity index (χ0) is 26.5. The average molecular weight is 509 g/mol. The van der Waals surface area contributed by atoms with Crippen LogP contribution in [0, 0.1) is 5.41 Å². The first-order chi connectivity index (χ1) is 17.7. The number of piperidine rings is 1. The summed E-state index contributed by atoms with van der Waals surface area (Å²) in [5.41, 5.74) is 6.43. The molecule has 0 aliphatic carbocycles. The minimum atomic E-state index is -1.15. The second-order valence-corrected chi connectivity index (χ2v) is 10.6. The molecular weight excluding hydrogens is 472 g/mol. The van der Waals surface area contributed by atoms with Crippen LogP contribution in [0.5, 0.6) is 0 Å². The van der Waals surface area contributed by atoms with E-state index in [1.165, 1.54) is 0 Å². The molecule has 2 aliphatic heterocycles. The molecular formula is C28H36N4O5. The predicted molar refractivity (Wildman–Crippen MR) is 138 cm³/mol. The number of ether oxygens (including phenoxy) is 2. The van der Waals surface area contributed by atoms with Gasteiger partial charge in [0, 0.05) is 24.5 Å². The molecule has 4 N–H and O–H groups in total. The summed E-state index contributed by atoms with van der Waals surface area (Å²) in [5.74, 6) is -0.676. The maximum Gasteiger partial charge on any atom is 0.407 e. The Hall–Kier alpha value is -3.43. The standard InChI is InChI=1S/C28H36N4O5/c1-27(2,29)25(34)30-22(17-36-16-21-11-7-4-8-12-21)24(33)32-14-13-23-28(18-32,19-37-26(35)31-23)15-20-9-5-3-6-10-20/h3-12,22-23H,13-19,29H2,1-2H3,(H,30,34)(H,31,35). The summed E-state index contributed by atoms with van der Waals surface area (Å²) in [6.45, 7) is 4.54. The van der Waals surface area contributed by atoms with Crippen molar-refractivity contribution in [1.82, 2.24) is 15.5 Å². The Kier molecular flexibility index (Phi) is 8.14. The zero-order valence-corrected chi connectivity index (χ0v) is 21.4. The third-order valence-electron chi connectivity index (χ3n) is 7.01. The van der Waals surface area contributed by atoms with Gasteiger partial charge in [-0.05, 0) is 37.8 Å². The number of nitrogens with zero attached hydrogens (tertiary/aromatic N) is 1. The lowest BCUT2D eigenvalue weighted by molar-refractivity contribution is -0.144. The number of nitrogens with one attached hydrogen (secondary N) is 2. The zero-order valence-electron chi connectivity index (χ0n) is 21.4. The second-order valence-electron chi connectivity index (χ2n) is 10.6. The quantitative estimate of drug-likeness (QED) is 0.476. The van der Waals surface area contributed by atoms with Crippen LogP contribution in [0.25, 0.3) is 0 Å². The van der Waals surface area contributed by atoms with E-state index in [0.29, 0.717) is 32.5 Å². The monoisotopic (exact) mass is 508 g/mol. The summed E-state index contributed by atoms with van der Waals surface area (Å²) in [6, 6.07) is 18.6. The van der Waals surface area contributed by atoms with Crippen LogP contribution in [-0.2, 0) is 32.1 Å². The van der Waals surface area contributed by atoms with E-state index >= 15 is 0 Å². The number of carbonyl (C=O) groups excluding carboxylic acids is 3. The number of cyclic esters (lactones) is 1. The lowest BCUT2D eigenvalue weighted by atomic mass is 9.71. The summed E-state index contributed by atoms with van der Waals surface area (Å²) >= 11 is 0. The van der Waals surface area contributed by atoms with Crippen LogP contribution in [0.2, 0.25) is 0 Å². The van der Waals surface area contributed by atoms with Crippen molar-refractivity contribution >= 4 is 17.9 Å². The van der Waals surface area contributed by atoms with E-state index < -0.39 is 29.0 Å². The van der Waals surface area contributed by atoms with Gasteiger partial charge in [0.05, 0.1) is 18.8 Å². The number of nitrogens with two attached hydrogens (primary N) is 1. The van der Waals surface area contributed by atoms with Crippen LogP contribution < -0.4 is 16.4 Å². The van der Waals surface area contributed by atoms with Crippen LogP contribution in [-0.4, -0.2) is 66.7 Å². The van der Waals surface area contributed by atoms with E-state index in [2.05, 4.69) is 10.6 Å². The molecule has 2 saturated heterocycles. The molecule has 0 spiro atoms. The van der Waals surface area contributed by atoms with E-state index in [4.69, 9.17) is 15.2 Å². The molecule has 0 aromatic heterocycles. The van der Waals surface area contributed by atoms with Crippen LogP contribution in [0.4, 0.5) is 4.79 Å². The number of hydrogen-bond acceptors (Lipinski definition) is 6. The van der Waals surface area contributed by atoms with Crippen LogP contribution in [0.1, 0.15) is 31.4 Å². The fraction of sp³-hybridized carbons (Fsp3) is 0.464. The van der Waals surface area contributed by atoms with Crippen molar-refractivity contribution in [2.75, 3.05) is 26.3 Å². The molecule has 0 bridgehead atoms. The number of benzene rings is 2. The topological polar surface area (TPSA) is 123 Å². The highest BCUT2D eigenvalue weighted by Crippen LogP contribution is 2.37. The Morgan fingerprint density at radius 1 is 1.16 bits per heavy atom. The van der Waals surface area contributed by atoms with Gasteiger partial charge in [-0.1, -0.05) is 60.7 Å². The first kappa shape index (κ1) is 26.6. The molecule has 2 fully saturated rings. The molecule has 9 nitrogen and oxygen atoms in total. The highest BCUT2D eigenvalue weighted by Gasteiger charge is 2.50. The van der Waals surface area contributed by atoms with Gasteiger partial charge in [-0.15, -0.1) is 0 Å². The highest BCUT2D eigenvalue weighted by molar-refractivity contribution is 5.91. The number of rotatable bonds is 9. The summed E-state index contributed by atoms with van der Waals surface area (Å²) in [4.78, 5) is 40.3. The Morgan fingerprint density at radius 2 is 1.81 bits per heavy atom. The molecule has 9 heteroatoms. The fourth-order valence-corrected chi connectivity index (χ4v) is 4.95. The van der Waals surface area contributed by atoms with E-state index in [1.54, 1.807) is 18.7 Å². The first-order valence-corrected chi connectivity index (χ1v) is 12.6. The van der Waals surface area contributed by atoms with Gasteiger partial charge >= 0.3 is 6.09 Å². The lowest BCUT2D eigenvalue weighted by Gasteiger charge is -2.50. The molecule has 2 heterocycles. The Balaban J connectivity index is 1.51. The van der Waals surface area contributed by atoms with Gasteiger partial charge < -0.3 is 30.7 Å². The average Bonchev–Trinajstić information content (AvgIpc) is 2.88. The summed E-state index contributed by atoms with van der Waals surface area (Å²) in [6.07, 6.45) is 0.791. The highest BCUT2D eigenvalue weighted by atomic mass is 16.6. The molecule has 0 radical (unpaired) electrons. The van der Waals surface area contributed by atoms with E-state index in [-0.39, 0.29) is 25.2 Å². The summed E-state index contributed by atoms with van der Waals surface area (Å²) < 4.78 is 11.3. The van der Waals surface area contributed by atoms with Crippen LogP contribution in [0.3, 0.4) is 0 Å². The van der Waals surface area contributed by atoms with Gasteiger partial charge in [0.1, 0.15) is 12.6 Å². The number of hydrogen-bond donors (Lipinski definition) is 3. The van der Waals surface area contributed by atoms with Crippen molar-refractivity contribution in [2.24, 2.45) is 11.1 Å². The van der Waals surface area contributed by atoms with E-state index in [0.717, 1.165) is 11.1 Å². The smallest absolute Gasteiger partial charge is 0.407 e. The lowest BCUT2D eigenvalue weighted by Crippen LogP contribution is -2.67. The summed E-state index contributed by atoms with van der Waals surface area (Å²) in [5, 5.41) is 5.76. The number of fused-ring (bicyclic) bond motifs is 1. The van der Waals surface area contributed by atoms with Crippen molar-refractivity contribution in [3.63, 3.8) is 0 Å². The van der Waals surface area contributed by atoms with Crippen molar-refractivity contribution in [3.8, 4) is 0 Å². The normalized spacial score (nSPS) is 22.3. The molecule has 2 aromatic carbocycles. The molecule has 198 valence electrons. The Bertz CT molecular complexity index is 1090. The van der Waals surface area contributed by atoms with E-state index in [9.17, 15) is 14.4 Å². The SMILES string of the molecule is CC(C)(N)C(=O)NC(COCc1ccccc1)C(=O)N1CCC2NC(=O)OCC2(Cc2ccccc2)C1. The number of carbonyl (C=O) groups is 3. The minimum absolute atomic E-state index is 0.00833. The van der Waals surface area contributed by atoms with Crippen LogP contribution in [0.15, 0.2) is 60.7 Å². The number of amides is 3. The maximum atomic E-state index is 13.8. The van der Waals surface area contributed by atoms with Crippen molar-refractivity contribution in [3.05, 3.63) is 71.8 Å². The maximum absolute atomic E-state index is 13.8. The molecule has 3 unspecified atom stereocenters. The Morgan fingerprint density at radius 3 is 2.46 bits per heavy atom. The number of likely N-dealkylation sites (tertiary alicyclic amines) is 1. The molecule has 2 aliphatic rings. The first-order valence-electron chi connectivity index (χ1n) is 12.6. The molecule has 3 amide bonds. The third-order valence-corrected chi connectivity index (χ3v) is 7.01. The van der Waals surface area contributed by atoms with Gasteiger partial charge in [0.15, 0.2) is 0 Å². The molecule has 0 saturated carbocycles. The van der Waals surface area contributed by atoms with Crippen molar-refractivity contribution in [2.45, 2.75) is 50.9 Å². The van der Waals surface area contributed by atoms with Crippen molar-refractivity contribution in [1.29, 1.82) is 0 Å². The van der Waals surface area contributed by atoms with Crippen LogP contribution >= 0.6 is 0 Å². The molecule has 3 atom stereocenters. The minimum Gasteiger partial charge on any atom is -0.449 e. The van der Waals surface area contributed by atoms with Gasteiger partial charge in [0.25, 0.3) is 0 Å². The molecule has 2 aromatic rings. The van der Waals surface area contributed by atoms with Gasteiger partial charge in [-0.2, -0.15) is 0 Å². The fourth-order valence-electron chi connectivity index (χ4n) is 4.95. The molecule has 37 heavy (non-hydrogen) atoms. The predicted octanol–water partition coefficient (Wildman–Crippen LogP) is 2.00. The molecule has 4 rings (SSSR count). The third kappa shape index (κ3) is 6.67. The van der Waals surface area contributed by atoms with Crippen molar-refractivity contribution < 1.29 is 23.9 Å². The Labute approximate surface area is 217 Å². The van der Waals surface area contributed by atoms with Gasteiger partial charge in [0.2, 0.25) is 11.8 Å². The number of alkyl carbamates (subject to hydrolysis) is 1. The van der Waals surface area contributed by atoms with Gasteiger partial charge in [-0.25, -0.2) is 4.79 Å². The largest absolute Gasteiger partial charge is 0.449 e. The second kappa shape index (κ2) is 11.3. The van der Waals surface area contributed by atoms with Gasteiger partial charge in [-0.3, -0.25) is 9.59 Å². The summed E-state index contributed by atoms with van der Waals surface area (Å²) in [7, 11) is 0.